The Kier molecular flexibility index (Phi) is 4.57. The van der Waals surface area contributed by atoms with E-state index >= 15 is 0 Å². The van der Waals surface area contributed by atoms with Crippen LogP contribution in [0.2, 0.25) is 5.02 Å². The Balaban J connectivity index is 2.11. The molecule has 0 fully saturated rings. The summed E-state index contributed by atoms with van der Waals surface area (Å²) >= 11 is 11.1. The van der Waals surface area contributed by atoms with Gasteiger partial charge in [-0.2, -0.15) is 0 Å². The number of hydrogen-bond donors (Lipinski definition) is 2. The molecule has 2 N–H and O–H groups in total. The maximum absolute atomic E-state index is 13.7. The van der Waals surface area contributed by atoms with E-state index in [1.165, 1.54) is 6.07 Å². The molecule has 2 rings (SSSR count). The lowest BCUT2D eigenvalue weighted by Crippen LogP contribution is -2.20. The maximum Gasteiger partial charge on any atom is 0.175 e. The van der Waals surface area contributed by atoms with Crippen molar-refractivity contribution in [2.75, 3.05) is 10.6 Å². The van der Waals surface area contributed by atoms with Gasteiger partial charge in [0.15, 0.2) is 5.11 Å². The summed E-state index contributed by atoms with van der Waals surface area (Å²) in [6.45, 7) is 3.77. The number of rotatable bonds is 2. The monoisotopic (exact) mass is 308 g/mol. The first-order valence-corrected chi connectivity index (χ1v) is 6.84. The Bertz CT molecular complexity index is 658. The molecule has 2 aromatic carbocycles. The molecule has 0 aliphatic rings. The van der Waals surface area contributed by atoms with Crippen LogP contribution in [0.3, 0.4) is 0 Å². The lowest BCUT2D eigenvalue weighted by Gasteiger charge is -2.13. The molecule has 0 atom stereocenters. The van der Waals surface area contributed by atoms with Crippen LogP contribution in [-0.4, -0.2) is 5.11 Å². The average Bonchev–Trinajstić information content (AvgIpc) is 2.37. The second kappa shape index (κ2) is 6.20. The number of halogens is 2. The van der Waals surface area contributed by atoms with Crippen molar-refractivity contribution in [1.29, 1.82) is 0 Å². The highest BCUT2D eigenvalue weighted by atomic mass is 35.5. The lowest BCUT2D eigenvalue weighted by molar-refractivity contribution is 0.631. The second-order valence-corrected chi connectivity index (χ2v) is 5.37. The van der Waals surface area contributed by atoms with Gasteiger partial charge < -0.3 is 10.6 Å². The van der Waals surface area contributed by atoms with Crippen molar-refractivity contribution in [3.05, 3.63) is 58.4 Å². The van der Waals surface area contributed by atoms with Crippen LogP contribution < -0.4 is 10.6 Å². The number of thiocarbonyl (C=S) groups is 1. The minimum atomic E-state index is -0.336. The highest BCUT2D eigenvalue weighted by Crippen LogP contribution is 2.21. The Morgan fingerprint density at radius 3 is 2.45 bits per heavy atom. The molecule has 0 spiro atoms. The van der Waals surface area contributed by atoms with Gasteiger partial charge >= 0.3 is 0 Å². The van der Waals surface area contributed by atoms with Crippen LogP contribution in [0.15, 0.2) is 36.4 Å². The summed E-state index contributed by atoms with van der Waals surface area (Å²) in [7, 11) is 0. The molecule has 0 amide bonds. The van der Waals surface area contributed by atoms with Gasteiger partial charge in [0, 0.05) is 10.7 Å². The number of anilines is 2. The van der Waals surface area contributed by atoms with E-state index in [0.717, 1.165) is 16.8 Å². The Morgan fingerprint density at radius 2 is 1.75 bits per heavy atom. The topological polar surface area (TPSA) is 24.1 Å². The first-order chi connectivity index (χ1) is 9.45. The van der Waals surface area contributed by atoms with E-state index in [0.29, 0.717) is 15.8 Å². The third-order valence-corrected chi connectivity index (χ3v) is 3.26. The largest absolute Gasteiger partial charge is 0.332 e. The highest BCUT2D eigenvalue weighted by molar-refractivity contribution is 7.80. The normalized spacial score (nSPS) is 10.2. The summed E-state index contributed by atoms with van der Waals surface area (Å²) in [6, 6.07) is 10.4. The molecule has 0 heterocycles. The second-order valence-electron chi connectivity index (χ2n) is 4.52. The van der Waals surface area contributed by atoms with Crippen LogP contribution in [0.4, 0.5) is 15.8 Å². The van der Waals surface area contributed by atoms with E-state index in [9.17, 15) is 4.39 Å². The number of nitrogens with one attached hydrogen (secondary N) is 2. The van der Waals surface area contributed by atoms with E-state index in [1.54, 1.807) is 18.2 Å². The predicted molar refractivity (Wildman–Crippen MR) is 87.2 cm³/mol. The van der Waals surface area contributed by atoms with Crippen molar-refractivity contribution in [3.8, 4) is 0 Å². The van der Waals surface area contributed by atoms with Crippen LogP contribution in [0.1, 0.15) is 11.1 Å². The van der Waals surface area contributed by atoms with Crippen LogP contribution in [0.5, 0.6) is 0 Å². The van der Waals surface area contributed by atoms with Gasteiger partial charge in [0.05, 0.1) is 5.69 Å². The molecule has 0 aliphatic heterocycles. The Hall–Kier alpha value is -1.65. The van der Waals surface area contributed by atoms with Crippen LogP contribution in [0.25, 0.3) is 0 Å². The van der Waals surface area contributed by atoms with Gasteiger partial charge in [0.2, 0.25) is 0 Å². The molecule has 5 heteroatoms. The SMILES string of the molecule is Cc1ccc(NC(=S)Nc2cc(Cl)ccc2C)c(F)c1. The average molecular weight is 309 g/mol. The number of aryl methyl sites for hydroxylation is 2. The molecule has 0 radical (unpaired) electrons. The minimum Gasteiger partial charge on any atom is -0.332 e. The summed E-state index contributed by atoms with van der Waals surface area (Å²) in [5, 5.41) is 6.78. The van der Waals surface area contributed by atoms with Crippen LogP contribution in [-0.2, 0) is 0 Å². The van der Waals surface area contributed by atoms with Crippen LogP contribution >= 0.6 is 23.8 Å². The molecule has 0 aromatic heterocycles. The zero-order valence-corrected chi connectivity index (χ0v) is 12.7. The molecule has 0 aliphatic carbocycles. The van der Waals surface area contributed by atoms with Gasteiger partial charge in [-0.1, -0.05) is 23.7 Å². The third kappa shape index (κ3) is 3.68. The number of hydrogen-bond acceptors (Lipinski definition) is 1. The third-order valence-electron chi connectivity index (χ3n) is 2.82. The minimum absolute atomic E-state index is 0.318. The van der Waals surface area contributed by atoms with Gasteiger partial charge in [-0.15, -0.1) is 0 Å². The highest BCUT2D eigenvalue weighted by Gasteiger charge is 2.06. The fourth-order valence-corrected chi connectivity index (χ4v) is 2.12. The summed E-state index contributed by atoms with van der Waals surface area (Å²) in [5.41, 5.74) is 3.00. The van der Waals surface area contributed by atoms with Gasteiger partial charge in [-0.05, 0) is 61.5 Å². The van der Waals surface area contributed by atoms with E-state index in [2.05, 4.69) is 10.6 Å². The van der Waals surface area contributed by atoms with Crippen LogP contribution in [0, 0.1) is 19.7 Å². The smallest absolute Gasteiger partial charge is 0.175 e. The molecule has 104 valence electrons. The summed E-state index contributed by atoms with van der Waals surface area (Å²) < 4.78 is 13.7. The summed E-state index contributed by atoms with van der Waals surface area (Å²) in [4.78, 5) is 0. The van der Waals surface area contributed by atoms with Crippen molar-refractivity contribution >= 4 is 40.3 Å². The maximum atomic E-state index is 13.7. The molecule has 2 nitrogen and oxygen atoms in total. The Morgan fingerprint density at radius 1 is 1.05 bits per heavy atom. The van der Waals surface area contributed by atoms with Crippen molar-refractivity contribution < 1.29 is 4.39 Å². The number of benzene rings is 2. The zero-order valence-electron chi connectivity index (χ0n) is 11.1. The quantitative estimate of drug-likeness (QED) is 0.771. The Labute approximate surface area is 128 Å². The van der Waals surface area contributed by atoms with E-state index in [4.69, 9.17) is 23.8 Å². The van der Waals surface area contributed by atoms with Gasteiger partial charge in [0.25, 0.3) is 0 Å². The molecular formula is C15H14ClFN2S. The fraction of sp³-hybridized carbons (Fsp3) is 0.133. The van der Waals surface area contributed by atoms with Crippen molar-refractivity contribution in [1.82, 2.24) is 0 Å². The molecular weight excluding hydrogens is 295 g/mol. The predicted octanol–water partition coefficient (Wildman–Crippen LogP) is 4.90. The first-order valence-electron chi connectivity index (χ1n) is 6.06. The molecule has 0 saturated carbocycles. The molecule has 0 unspecified atom stereocenters. The van der Waals surface area contributed by atoms with E-state index in [1.807, 2.05) is 26.0 Å². The summed E-state index contributed by atoms with van der Waals surface area (Å²) in [6.07, 6.45) is 0. The van der Waals surface area contributed by atoms with Gasteiger partial charge in [0.1, 0.15) is 5.82 Å². The van der Waals surface area contributed by atoms with Gasteiger partial charge in [-0.25, -0.2) is 4.39 Å². The molecule has 2 aromatic rings. The molecule has 0 bridgehead atoms. The summed E-state index contributed by atoms with van der Waals surface area (Å²) in [5.74, 6) is -0.336. The first kappa shape index (κ1) is 14.8. The lowest BCUT2D eigenvalue weighted by atomic mass is 10.2. The van der Waals surface area contributed by atoms with Gasteiger partial charge in [-0.3, -0.25) is 0 Å². The van der Waals surface area contributed by atoms with Crippen molar-refractivity contribution in [3.63, 3.8) is 0 Å². The van der Waals surface area contributed by atoms with Crippen molar-refractivity contribution in [2.45, 2.75) is 13.8 Å². The van der Waals surface area contributed by atoms with E-state index < -0.39 is 0 Å². The standard InChI is InChI=1S/C15H14ClFN2S/c1-9-3-6-13(12(17)7-9)18-15(20)19-14-8-11(16)5-4-10(14)2/h3-8H,1-2H3,(H2,18,19,20). The molecule has 20 heavy (non-hydrogen) atoms. The molecule has 0 saturated heterocycles. The fourth-order valence-electron chi connectivity index (χ4n) is 1.73. The zero-order chi connectivity index (χ0) is 14.7. The van der Waals surface area contributed by atoms with Crippen molar-refractivity contribution in [2.24, 2.45) is 0 Å². The van der Waals surface area contributed by atoms with E-state index in [-0.39, 0.29) is 5.82 Å².